The van der Waals surface area contributed by atoms with Gasteiger partial charge >= 0.3 is 0 Å². The fourth-order valence-electron chi connectivity index (χ4n) is 2.59. The molecule has 0 amide bonds. The fraction of sp³-hybridized carbons (Fsp3) is 0.688. The highest BCUT2D eigenvalue weighted by atomic mass is 16.5. The first-order chi connectivity index (χ1) is 9.72. The maximum atomic E-state index is 5.75. The SMILES string of the molecule is CCCNc1ccc(CN2CC(C)OCC2CC)cn1. The molecule has 1 aliphatic heterocycles. The van der Waals surface area contributed by atoms with Crippen molar-refractivity contribution in [2.75, 3.05) is 25.0 Å². The summed E-state index contributed by atoms with van der Waals surface area (Å²) in [6, 6.07) is 4.79. The van der Waals surface area contributed by atoms with Gasteiger partial charge in [0.1, 0.15) is 5.82 Å². The van der Waals surface area contributed by atoms with Crippen molar-refractivity contribution >= 4 is 5.82 Å². The molecule has 1 N–H and O–H groups in total. The topological polar surface area (TPSA) is 37.4 Å². The van der Waals surface area contributed by atoms with Gasteiger partial charge in [-0.3, -0.25) is 4.90 Å². The van der Waals surface area contributed by atoms with Gasteiger partial charge in [0.2, 0.25) is 0 Å². The molecule has 1 saturated heterocycles. The van der Waals surface area contributed by atoms with Crippen LogP contribution in [0, 0.1) is 0 Å². The standard InChI is InChI=1S/C16H27N3O/c1-4-8-17-16-7-6-14(9-18-16)11-19-10-13(3)20-12-15(19)5-2/h6-7,9,13,15H,4-5,8,10-12H2,1-3H3,(H,17,18). The molecule has 0 radical (unpaired) electrons. The second-order valence-electron chi connectivity index (χ2n) is 5.61. The van der Waals surface area contributed by atoms with E-state index in [-0.39, 0.29) is 0 Å². The Hall–Kier alpha value is -1.13. The summed E-state index contributed by atoms with van der Waals surface area (Å²) >= 11 is 0. The van der Waals surface area contributed by atoms with Crippen LogP contribution in [-0.2, 0) is 11.3 Å². The maximum absolute atomic E-state index is 5.75. The molecular formula is C16H27N3O. The molecule has 1 fully saturated rings. The van der Waals surface area contributed by atoms with Gasteiger partial charge < -0.3 is 10.1 Å². The van der Waals surface area contributed by atoms with Crippen molar-refractivity contribution in [2.24, 2.45) is 0 Å². The van der Waals surface area contributed by atoms with Crippen LogP contribution in [0.3, 0.4) is 0 Å². The number of pyridine rings is 1. The fourth-order valence-corrected chi connectivity index (χ4v) is 2.59. The number of rotatable bonds is 6. The molecule has 2 atom stereocenters. The van der Waals surface area contributed by atoms with E-state index in [1.54, 1.807) is 0 Å². The first kappa shape index (κ1) is 15.3. The number of anilines is 1. The summed E-state index contributed by atoms with van der Waals surface area (Å²) in [5, 5.41) is 3.31. The normalized spacial score (nSPS) is 23.8. The lowest BCUT2D eigenvalue weighted by molar-refractivity contribution is -0.0592. The van der Waals surface area contributed by atoms with Crippen LogP contribution in [0.2, 0.25) is 0 Å². The Labute approximate surface area is 122 Å². The lowest BCUT2D eigenvalue weighted by Gasteiger charge is -2.38. The van der Waals surface area contributed by atoms with E-state index in [4.69, 9.17) is 4.74 Å². The van der Waals surface area contributed by atoms with Crippen LogP contribution in [0.5, 0.6) is 0 Å². The highest BCUT2D eigenvalue weighted by molar-refractivity contribution is 5.35. The summed E-state index contributed by atoms with van der Waals surface area (Å²) < 4.78 is 5.75. The molecule has 0 saturated carbocycles. The highest BCUT2D eigenvalue weighted by Gasteiger charge is 2.25. The quantitative estimate of drug-likeness (QED) is 0.867. The second kappa shape index (κ2) is 7.60. The van der Waals surface area contributed by atoms with Crippen molar-refractivity contribution in [3.05, 3.63) is 23.9 Å². The molecule has 4 nitrogen and oxygen atoms in total. The van der Waals surface area contributed by atoms with Crippen molar-refractivity contribution in [2.45, 2.75) is 52.3 Å². The summed E-state index contributed by atoms with van der Waals surface area (Å²) in [6.45, 7) is 10.3. The lowest BCUT2D eigenvalue weighted by atomic mass is 10.1. The predicted molar refractivity (Wildman–Crippen MR) is 82.9 cm³/mol. The molecule has 2 unspecified atom stereocenters. The van der Waals surface area contributed by atoms with Crippen LogP contribution in [0.15, 0.2) is 18.3 Å². The lowest BCUT2D eigenvalue weighted by Crippen LogP contribution is -2.47. The Morgan fingerprint density at radius 3 is 2.90 bits per heavy atom. The van der Waals surface area contributed by atoms with Gasteiger partial charge in [-0.1, -0.05) is 19.9 Å². The Morgan fingerprint density at radius 1 is 1.40 bits per heavy atom. The predicted octanol–water partition coefficient (Wildman–Crippen LogP) is 2.90. The van der Waals surface area contributed by atoms with Crippen LogP contribution < -0.4 is 5.32 Å². The van der Waals surface area contributed by atoms with Crippen molar-refractivity contribution in [1.29, 1.82) is 0 Å². The van der Waals surface area contributed by atoms with Crippen LogP contribution in [0.4, 0.5) is 5.82 Å². The van der Waals surface area contributed by atoms with Gasteiger partial charge in [0, 0.05) is 31.9 Å². The zero-order chi connectivity index (χ0) is 14.4. The van der Waals surface area contributed by atoms with Crippen LogP contribution in [0.1, 0.15) is 39.2 Å². The van der Waals surface area contributed by atoms with Crippen LogP contribution in [-0.4, -0.2) is 41.7 Å². The van der Waals surface area contributed by atoms with Gasteiger partial charge in [-0.2, -0.15) is 0 Å². The largest absolute Gasteiger partial charge is 0.376 e. The second-order valence-corrected chi connectivity index (χ2v) is 5.61. The Morgan fingerprint density at radius 2 is 2.25 bits per heavy atom. The van der Waals surface area contributed by atoms with E-state index in [9.17, 15) is 0 Å². The number of nitrogens with zero attached hydrogens (tertiary/aromatic N) is 2. The van der Waals surface area contributed by atoms with Crippen LogP contribution >= 0.6 is 0 Å². The van der Waals surface area contributed by atoms with E-state index in [0.717, 1.165) is 44.9 Å². The molecule has 1 aromatic rings. The zero-order valence-electron chi connectivity index (χ0n) is 12.9. The van der Waals surface area contributed by atoms with E-state index in [1.165, 1.54) is 5.56 Å². The summed E-state index contributed by atoms with van der Waals surface area (Å²) in [7, 11) is 0. The van der Waals surface area contributed by atoms with Gasteiger partial charge in [-0.15, -0.1) is 0 Å². The average Bonchev–Trinajstić information content (AvgIpc) is 2.47. The third-order valence-corrected chi connectivity index (χ3v) is 3.82. The number of aromatic nitrogens is 1. The minimum Gasteiger partial charge on any atom is -0.376 e. The van der Waals surface area contributed by atoms with E-state index < -0.39 is 0 Å². The molecule has 1 aliphatic rings. The Kier molecular flexibility index (Phi) is 5.80. The minimum atomic E-state index is 0.330. The summed E-state index contributed by atoms with van der Waals surface area (Å²) in [4.78, 5) is 7.00. The third kappa shape index (κ3) is 4.18. The molecule has 2 rings (SSSR count). The number of ether oxygens (including phenoxy) is 1. The summed E-state index contributed by atoms with van der Waals surface area (Å²) in [6.07, 6.45) is 4.57. The minimum absolute atomic E-state index is 0.330. The first-order valence-electron chi connectivity index (χ1n) is 7.77. The Balaban J connectivity index is 1.94. The van der Waals surface area contributed by atoms with Crippen molar-refractivity contribution < 1.29 is 4.74 Å². The van der Waals surface area contributed by atoms with Gasteiger partial charge in [-0.05, 0) is 31.4 Å². The molecule has 4 heteroatoms. The van der Waals surface area contributed by atoms with Crippen LogP contribution in [0.25, 0.3) is 0 Å². The van der Waals surface area contributed by atoms with Crippen molar-refractivity contribution in [3.63, 3.8) is 0 Å². The zero-order valence-corrected chi connectivity index (χ0v) is 12.9. The third-order valence-electron chi connectivity index (χ3n) is 3.82. The molecular weight excluding hydrogens is 250 g/mol. The number of hydrogen-bond donors (Lipinski definition) is 1. The first-order valence-corrected chi connectivity index (χ1v) is 7.77. The molecule has 0 bridgehead atoms. The molecule has 1 aromatic heterocycles. The van der Waals surface area contributed by atoms with E-state index in [0.29, 0.717) is 12.1 Å². The highest BCUT2D eigenvalue weighted by Crippen LogP contribution is 2.18. The molecule has 112 valence electrons. The Bertz CT molecular complexity index is 393. The molecule has 0 spiro atoms. The summed E-state index contributed by atoms with van der Waals surface area (Å²) in [5.41, 5.74) is 1.28. The molecule has 0 aliphatic carbocycles. The number of nitrogens with one attached hydrogen (secondary N) is 1. The molecule has 0 aromatic carbocycles. The van der Waals surface area contributed by atoms with Gasteiger partial charge in [0.25, 0.3) is 0 Å². The monoisotopic (exact) mass is 277 g/mol. The van der Waals surface area contributed by atoms with E-state index >= 15 is 0 Å². The van der Waals surface area contributed by atoms with E-state index in [2.05, 4.69) is 48.1 Å². The van der Waals surface area contributed by atoms with Crippen molar-refractivity contribution in [1.82, 2.24) is 9.88 Å². The van der Waals surface area contributed by atoms with Gasteiger partial charge in [-0.25, -0.2) is 4.98 Å². The molecule has 2 heterocycles. The smallest absolute Gasteiger partial charge is 0.125 e. The van der Waals surface area contributed by atoms with Gasteiger partial charge in [0.15, 0.2) is 0 Å². The summed E-state index contributed by atoms with van der Waals surface area (Å²) in [5.74, 6) is 0.970. The van der Waals surface area contributed by atoms with Crippen molar-refractivity contribution in [3.8, 4) is 0 Å². The van der Waals surface area contributed by atoms with E-state index in [1.807, 2.05) is 6.20 Å². The maximum Gasteiger partial charge on any atom is 0.125 e. The average molecular weight is 277 g/mol. The molecule has 20 heavy (non-hydrogen) atoms. The number of morpholine rings is 1. The van der Waals surface area contributed by atoms with Gasteiger partial charge in [0.05, 0.1) is 12.7 Å². The number of hydrogen-bond acceptors (Lipinski definition) is 4.